The molecule has 0 atom stereocenters. The van der Waals surface area contributed by atoms with Crippen LogP contribution in [0.15, 0.2) is 54.7 Å². The molecular formula is C18H24N4. The molecule has 2 aromatic rings. The minimum absolute atomic E-state index is 0.0664. The molecule has 0 unspecified atom stereocenters. The summed E-state index contributed by atoms with van der Waals surface area (Å²) in [5.74, 6) is 0.952. The summed E-state index contributed by atoms with van der Waals surface area (Å²) in [7, 11) is 0. The third-order valence-corrected chi connectivity index (χ3v) is 3.70. The Bertz CT molecular complexity index is 518. The number of hydrogen-bond donors (Lipinski definition) is 3. The predicted molar refractivity (Wildman–Crippen MR) is 92.2 cm³/mol. The van der Waals surface area contributed by atoms with E-state index < -0.39 is 0 Å². The van der Waals surface area contributed by atoms with Crippen molar-refractivity contribution in [3.8, 4) is 0 Å². The van der Waals surface area contributed by atoms with Crippen LogP contribution in [-0.4, -0.2) is 16.9 Å². The summed E-state index contributed by atoms with van der Waals surface area (Å²) < 4.78 is 0. The van der Waals surface area contributed by atoms with Gasteiger partial charge in [-0.15, -0.1) is 0 Å². The number of nitrogens with zero attached hydrogens (tertiary/aromatic N) is 1. The largest absolute Gasteiger partial charge is 0.384 e. The molecule has 1 heterocycles. The maximum absolute atomic E-state index is 7.28. The molecule has 4 heteroatoms. The Hall–Kier alpha value is -2.36. The Morgan fingerprint density at radius 1 is 1.00 bits per heavy atom. The molecule has 116 valence electrons. The van der Waals surface area contributed by atoms with Crippen molar-refractivity contribution in [3.63, 3.8) is 0 Å². The number of amidine groups is 1. The molecule has 1 aliphatic rings. The van der Waals surface area contributed by atoms with Crippen LogP contribution in [0.1, 0.15) is 37.7 Å². The lowest BCUT2D eigenvalue weighted by molar-refractivity contribution is 0.462. The number of nitrogens with one attached hydrogen (secondary N) is 2. The van der Waals surface area contributed by atoms with Gasteiger partial charge in [0.1, 0.15) is 11.7 Å². The van der Waals surface area contributed by atoms with Crippen molar-refractivity contribution in [3.05, 3.63) is 60.3 Å². The zero-order valence-corrected chi connectivity index (χ0v) is 12.8. The van der Waals surface area contributed by atoms with Crippen molar-refractivity contribution in [1.82, 2.24) is 4.98 Å². The molecule has 0 saturated heterocycles. The summed E-state index contributed by atoms with van der Waals surface area (Å²) in [6.45, 7) is 0. The van der Waals surface area contributed by atoms with Crippen molar-refractivity contribution >= 4 is 11.7 Å². The molecular weight excluding hydrogens is 272 g/mol. The smallest absolute Gasteiger partial charge is 0.126 e. The van der Waals surface area contributed by atoms with Crippen molar-refractivity contribution in [2.24, 2.45) is 5.73 Å². The molecule has 4 nitrogen and oxygen atoms in total. The van der Waals surface area contributed by atoms with Gasteiger partial charge < -0.3 is 11.1 Å². The Morgan fingerprint density at radius 2 is 1.59 bits per heavy atom. The fourth-order valence-electron chi connectivity index (χ4n) is 2.48. The minimum Gasteiger partial charge on any atom is -0.384 e. The standard InChI is InChI=1S/C12H18N4.C6H6/c13-12(14)9-6-7-11(15-8-9)16-10-4-2-1-3-5-10;1-2-4-6-5-3-1/h6-8,10H,1-5H2,(H3,13,14)(H,15,16);1-6H. The van der Waals surface area contributed by atoms with Gasteiger partial charge in [-0.25, -0.2) is 4.98 Å². The molecule has 0 aliphatic heterocycles. The van der Waals surface area contributed by atoms with Gasteiger partial charge in [-0.05, 0) is 25.0 Å². The van der Waals surface area contributed by atoms with E-state index in [1.54, 1.807) is 6.20 Å². The van der Waals surface area contributed by atoms with Gasteiger partial charge >= 0.3 is 0 Å². The average Bonchev–Trinajstić information content (AvgIpc) is 2.58. The van der Waals surface area contributed by atoms with E-state index in [2.05, 4.69) is 10.3 Å². The maximum Gasteiger partial charge on any atom is 0.126 e. The van der Waals surface area contributed by atoms with Gasteiger partial charge in [0.2, 0.25) is 0 Å². The van der Waals surface area contributed by atoms with Crippen molar-refractivity contribution in [2.75, 3.05) is 5.32 Å². The zero-order chi connectivity index (χ0) is 15.6. The van der Waals surface area contributed by atoms with Gasteiger partial charge in [-0.2, -0.15) is 0 Å². The second-order valence-electron chi connectivity index (χ2n) is 5.48. The van der Waals surface area contributed by atoms with Crippen molar-refractivity contribution in [2.45, 2.75) is 38.1 Å². The molecule has 0 spiro atoms. The monoisotopic (exact) mass is 296 g/mol. The molecule has 0 amide bonds. The Morgan fingerprint density at radius 3 is 2.05 bits per heavy atom. The van der Waals surface area contributed by atoms with Gasteiger partial charge in [0.15, 0.2) is 0 Å². The van der Waals surface area contributed by atoms with E-state index in [0.29, 0.717) is 11.6 Å². The lowest BCUT2D eigenvalue weighted by Gasteiger charge is -2.23. The quantitative estimate of drug-likeness (QED) is 0.596. The van der Waals surface area contributed by atoms with E-state index >= 15 is 0 Å². The Balaban J connectivity index is 0.000000246. The topological polar surface area (TPSA) is 74.8 Å². The third-order valence-electron chi connectivity index (χ3n) is 3.70. The normalized spacial score (nSPS) is 14.5. The number of nitrogen functional groups attached to an aromatic ring is 1. The molecule has 1 aromatic carbocycles. The van der Waals surface area contributed by atoms with Crippen molar-refractivity contribution < 1.29 is 0 Å². The fourth-order valence-corrected chi connectivity index (χ4v) is 2.48. The zero-order valence-electron chi connectivity index (χ0n) is 12.8. The summed E-state index contributed by atoms with van der Waals surface area (Å²) in [4.78, 5) is 4.26. The van der Waals surface area contributed by atoms with E-state index in [9.17, 15) is 0 Å². The molecule has 1 fully saturated rings. The summed E-state index contributed by atoms with van der Waals surface area (Å²) in [6, 6.07) is 16.3. The highest BCUT2D eigenvalue weighted by Crippen LogP contribution is 2.20. The molecule has 1 saturated carbocycles. The van der Waals surface area contributed by atoms with E-state index in [4.69, 9.17) is 11.1 Å². The van der Waals surface area contributed by atoms with Crippen LogP contribution in [0.3, 0.4) is 0 Å². The van der Waals surface area contributed by atoms with Gasteiger partial charge in [-0.3, -0.25) is 5.41 Å². The van der Waals surface area contributed by atoms with Gasteiger partial charge in [0.25, 0.3) is 0 Å². The first-order valence-electron chi connectivity index (χ1n) is 7.83. The van der Waals surface area contributed by atoms with Crippen LogP contribution in [0.2, 0.25) is 0 Å². The summed E-state index contributed by atoms with van der Waals surface area (Å²) in [5, 5.41) is 10.7. The first kappa shape index (κ1) is 16.0. The molecule has 3 rings (SSSR count). The highest BCUT2D eigenvalue weighted by atomic mass is 15.0. The molecule has 1 aromatic heterocycles. The van der Waals surface area contributed by atoms with E-state index in [-0.39, 0.29) is 5.84 Å². The van der Waals surface area contributed by atoms with E-state index in [1.165, 1.54) is 32.1 Å². The Labute approximate surface area is 132 Å². The fraction of sp³-hybridized carbons (Fsp3) is 0.333. The number of rotatable bonds is 3. The highest BCUT2D eigenvalue weighted by molar-refractivity contribution is 5.94. The molecule has 0 radical (unpaired) electrons. The first-order valence-corrected chi connectivity index (χ1v) is 7.83. The van der Waals surface area contributed by atoms with E-state index in [1.807, 2.05) is 48.5 Å². The van der Waals surface area contributed by atoms with Crippen LogP contribution in [0.4, 0.5) is 5.82 Å². The number of aromatic nitrogens is 1. The third kappa shape index (κ3) is 5.56. The highest BCUT2D eigenvalue weighted by Gasteiger charge is 2.13. The summed E-state index contributed by atoms with van der Waals surface area (Å²) in [6.07, 6.45) is 8.08. The van der Waals surface area contributed by atoms with Gasteiger partial charge in [0.05, 0.1) is 0 Å². The molecule has 1 aliphatic carbocycles. The number of benzene rings is 1. The second kappa shape index (κ2) is 8.82. The first-order chi connectivity index (χ1) is 10.8. The number of pyridine rings is 1. The van der Waals surface area contributed by atoms with Crippen LogP contribution in [-0.2, 0) is 0 Å². The summed E-state index contributed by atoms with van der Waals surface area (Å²) in [5.41, 5.74) is 6.05. The number of anilines is 1. The molecule has 22 heavy (non-hydrogen) atoms. The van der Waals surface area contributed by atoms with E-state index in [0.717, 1.165) is 5.82 Å². The average molecular weight is 296 g/mol. The summed E-state index contributed by atoms with van der Waals surface area (Å²) >= 11 is 0. The predicted octanol–water partition coefficient (Wildman–Crippen LogP) is 3.80. The van der Waals surface area contributed by atoms with Crippen molar-refractivity contribution in [1.29, 1.82) is 5.41 Å². The van der Waals surface area contributed by atoms with Crippen LogP contribution in [0, 0.1) is 5.41 Å². The molecule has 4 N–H and O–H groups in total. The van der Waals surface area contributed by atoms with Crippen LogP contribution >= 0.6 is 0 Å². The lowest BCUT2D eigenvalue weighted by atomic mass is 9.95. The second-order valence-corrected chi connectivity index (χ2v) is 5.48. The Kier molecular flexibility index (Phi) is 6.42. The maximum atomic E-state index is 7.28. The van der Waals surface area contributed by atoms with Gasteiger partial charge in [-0.1, -0.05) is 55.7 Å². The van der Waals surface area contributed by atoms with Gasteiger partial charge in [0, 0.05) is 17.8 Å². The van der Waals surface area contributed by atoms with Crippen LogP contribution < -0.4 is 11.1 Å². The SMILES string of the molecule is N=C(N)c1ccc(NC2CCCCC2)nc1.c1ccccc1. The lowest BCUT2D eigenvalue weighted by Crippen LogP contribution is -2.22. The molecule has 0 bridgehead atoms. The minimum atomic E-state index is 0.0664. The number of nitrogens with two attached hydrogens (primary N) is 1. The number of hydrogen-bond acceptors (Lipinski definition) is 3. The van der Waals surface area contributed by atoms with Crippen LogP contribution in [0.25, 0.3) is 0 Å². The van der Waals surface area contributed by atoms with Crippen LogP contribution in [0.5, 0.6) is 0 Å².